The standard InChI is InChI=1S/C18H28N2O5S2/c1-5-9(2)14(27-11(4)21)15(22)19-12-7-6-10(3)17-20(16(12)23)13(8-26-17)18(24)25/h9-10,12-14,17H,5-8H2,1-4H3,(H,19,22)(H,24,25). The van der Waals surface area contributed by atoms with Crippen molar-refractivity contribution in [2.45, 2.75) is 69.7 Å². The number of fused-ring (bicyclic) bond motifs is 1. The van der Waals surface area contributed by atoms with Crippen LogP contribution < -0.4 is 5.32 Å². The Bertz CT molecular complexity index is 615. The van der Waals surface area contributed by atoms with Crippen LogP contribution in [0.5, 0.6) is 0 Å². The molecular weight excluding hydrogens is 388 g/mol. The van der Waals surface area contributed by atoms with Gasteiger partial charge in [-0.2, -0.15) is 0 Å². The second kappa shape index (κ2) is 9.32. The van der Waals surface area contributed by atoms with Gasteiger partial charge >= 0.3 is 5.97 Å². The lowest BCUT2D eigenvalue weighted by Crippen LogP contribution is -2.55. The lowest BCUT2D eigenvalue weighted by Gasteiger charge is -2.30. The summed E-state index contributed by atoms with van der Waals surface area (Å²) in [6, 6.07) is -1.60. The van der Waals surface area contributed by atoms with Crippen LogP contribution in [0.3, 0.4) is 0 Å². The molecule has 0 aliphatic carbocycles. The lowest BCUT2D eigenvalue weighted by molar-refractivity contribution is -0.150. The molecule has 2 aliphatic heterocycles. The number of hydrogen-bond donors (Lipinski definition) is 2. The summed E-state index contributed by atoms with van der Waals surface area (Å²) in [5.74, 6) is -1.16. The van der Waals surface area contributed by atoms with Gasteiger partial charge in [-0.15, -0.1) is 11.8 Å². The minimum absolute atomic E-state index is 0.0134. The number of carbonyl (C=O) groups is 4. The molecule has 6 unspecified atom stereocenters. The van der Waals surface area contributed by atoms with E-state index in [1.165, 1.54) is 23.6 Å². The fourth-order valence-electron chi connectivity index (χ4n) is 3.52. The Hall–Kier alpha value is -1.22. The highest BCUT2D eigenvalue weighted by Gasteiger charge is 2.48. The zero-order valence-corrected chi connectivity index (χ0v) is 17.8. The Kier molecular flexibility index (Phi) is 7.62. The molecule has 0 aromatic heterocycles. The maximum atomic E-state index is 13.1. The quantitative estimate of drug-likeness (QED) is 0.682. The summed E-state index contributed by atoms with van der Waals surface area (Å²) in [6.07, 6.45) is 1.94. The molecule has 6 atom stereocenters. The third-order valence-corrected chi connectivity index (χ3v) is 8.10. The first-order valence-electron chi connectivity index (χ1n) is 9.31. The number of carboxylic acids is 1. The van der Waals surface area contributed by atoms with E-state index in [-0.39, 0.29) is 34.1 Å². The number of amides is 2. The summed E-state index contributed by atoms with van der Waals surface area (Å²) < 4.78 is 0. The zero-order chi connectivity index (χ0) is 20.3. The van der Waals surface area contributed by atoms with Crippen molar-refractivity contribution in [1.82, 2.24) is 10.2 Å². The minimum Gasteiger partial charge on any atom is -0.480 e. The third-order valence-electron chi connectivity index (χ3n) is 5.30. The van der Waals surface area contributed by atoms with E-state index in [9.17, 15) is 24.3 Å². The van der Waals surface area contributed by atoms with Crippen molar-refractivity contribution in [3.8, 4) is 0 Å². The van der Waals surface area contributed by atoms with E-state index >= 15 is 0 Å². The molecule has 2 saturated heterocycles. The molecule has 0 radical (unpaired) electrons. The van der Waals surface area contributed by atoms with Gasteiger partial charge in [0.2, 0.25) is 11.8 Å². The highest BCUT2D eigenvalue weighted by Crippen LogP contribution is 2.39. The van der Waals surface area contributed by atoms with Crippen LogP contribution in [0.1, 0.15) is 47.0 Å². The van der Waals surface area contributed by atoms with Crippen LogP contribution in [0.15, 0.2) is 0 Å². The van der Waals surface area contributed by atoms with Crippen LogP contribution in [-0.4, -0.2) is 61.4 Å². The molecule has 0 saturated carbocycles. The van der Waals surface area contributed by atoms with Crippen molar-refractivity contribution >= 4 is 46.4 Å². The summed E-state index contributed by atoms with van der Waals surface area (Å²) >= 11 is 2.48. The van der Waals surface area contributed by atoms with Gasteiger partial charge in [0.15, 0.2) is 5.12 Å². The molecule has 0 spiro atoms. The van der Waals surface area contributed by atoms with Gasteiger partial charge in [0.05, 0.1) is 10.6 Å². The van der Waals surface area contributed by atoms with Crippen molar-refractivity contribution in [2.24, 2.45) is 11.8 Å². The molecule has 2 N–H and O–H groups in total. The number of carbonyl (C=O) groups excluding carboxylic acids is 3. The largest absolute Gasteiger partial charge is 0.480 e. The van der Waals surface area contributed by atoms with E-state index in [4.69, 9.17) is 0 Å². The van der Waals surface area contributed by atoms with Crippen LogP contribution in [-0.2, 0) is 19.2 Å². The maximum Gasteiger partial charge on any atom is 0.327 e. The Morgan fingerprint density at radius 1 is 1.37 bits per heavy atom. The zero-order valence-electron chi connectivity index (χ0n) is 16.1. The fourth-order valence-corrected chi connectivity index (χ4v) is 6.04. The van der Waals surface area contributed by atoms with Crippen molar-refractivity contribution in [3.63, 3.8) is 0 Å². The Balaban J connectivity index is 2.19. The summed E-state index contributed by atoms with van der Waals surface area (Å²) in [6.45, 7) is 7.30. The van der Waals surface area contributed by atoms with E-state index < -0.39 is 23.3 Å². The summed E-state index contributed by atoms with van der Waals surface area (Å²) in [4.78, 5) is 50.4. The third kappa shape index (κ3) is 4.99. The van der Waals surface area contributed by atoms with E-state index in [1.807, 2.05) is 20.8 Å². The first-order chi connectivity index (χ1) is 12.7. The molecular formula is C18H28N2O5S2. The molecule has 9 heteroatoms. The molecule has 2 rings (SSSR count). The monoisotopic (exact) mass is 416 g/mol. The van der Waals surface area contributed by atoms with E-state index in [2.05, 4.69) is 5.32 Å². The van der Waals surface area contributed by atoms with Gasteiger partial charge in [-0.05, 0) is 24.7 Å². The number of thioether (sulfide) groups is 2. The van der Waals surface area contributed by atoms with Crippen molar-refractivity contribution in [2.75, 3.05) is 5.75 Å². The second-order valence-corrected chi connectivity index (χ2v) is 9.82. The van der Waals surface area contributed by atoms with E-state index in [0.717, 1.165) is 24.6 Å². The Labute approximate surface area is 168 Å². The van der Waals surface area contributed by atoms with Gasteiger partial charge in [-0.3, -0.25) is 14.4 Å². The van der Waals surface area contributed by atoms with Gasteiger partial charge < -0.3 is 15.3 Å². The van der Waals surface area contributed by atoms with E-state index in [0.29, 0.717) is 12.2 Å². The predicted molar refractivity (Wildman–Crippen MR) is 106 cm³/mol. The fraction of sp³-hybridized carbons (Fsp3) is 0.778. The molecule has 7 nitrogen and oxygen atoms in total. The van der Waals surface area contributed by atoms with Crippen molar-refractivity contribution in [3.05, 3.63) is 0 Å². The summed E-state index contributed by atoms with van der Waals surface area (Å²) in [5.41, 5.74) is 0. The van der Waals surface area contributed by atoms with Crippen LogP contribution in [0.2, 0.25) is 0 Å². The van der Waals surface area contributed by atoms with Gasteiger partial charge in [-0.25, -0.2) is 4.79 Å². The number of hydrogen-bond acceptors (Lipinski definition) is 6. The molecule has 152 valence electrons. The van der Waals surface area contributed by atoms with Crippen LogP contribution >= 0.6 is 23.5 Å². The molecule has 27 heavy (non-hydrogen) atoms. The van der Waals surface area contributed by atoms with E-state index in [1.54, 1.807) is 0 Å². The molecule has 2 heterocycles. The number of aliphatic carboxylic acids is 1. The molecule has 0 aromatic carbocycles. The molecule has 2 fully saturated rings. The SMILES string of the molecule is CCC(C)C(SC(C)=O)C(=O)NC1CCC(C)C2SCC(C(=O)O)N2C1=O. The van der Waals surface area contributed by atoms with Gasteiger partial charge in [0.25, 0.3) is 0 Å². The average Bonchev–Trinajstić information content (AvgIpc) is 3.02. The molecule has 2 aliphatic rings. The maximum absolute atomic E-state index is 13.1. The van der Waals surface area contributed by atoms with Crippen molar-refractivity contribution in [1.29, 1.82) is 0 Å². The Morgan fingerprint density at radius 2 is 2.04 bits per heavy atom. The number of rotatable bonds is 6. The number of nitrogens with one attached hydrogen (secondary N) is 1. The average molecular weight is 417 g/mol. The van der Waals surface area contributed by atoms with Crippen LogP contribution in [0, 0.1) is 11.8 Å². The smallest absolute Gasteiger partial charge is 0.327 e. The first-order valence-corrected chi connectivity index (χ1v) is 11.2. The summed E-state index contributed by atoms with van der Waals surface area (Å²) in [5, 5.41) is 11.4. The van der Waals surface area contributed by atoms with Gasteiger partial charge in [0, 0.05) is 12.7 Å². The molecule has 0 aromatic rings. The highest BCUT2D eigenvalue weighted by atomic mass is 32.2. The van der Waals surface area contributed by atoms with Crippen LogP contribution in [0.25, 0.3) is 0 Å². The minimum atomic E-state index is -1.01. The highest BCUT2D eigenvalue weighted by molar-refractivity contribution is 8.14. The van der Waals surface area contributed by atoms with Gasteiger partial charge in [-0.1, -0.05) is 39.0 Å². The van der Waals surface area contributed by atoms with Crippen LogP contribution in [0.4, 0.5) is 0 Å². The summed E-state index contributed by atoms with van der Waals surface area (Å²) in [7, 11) is 0. The Morgan fingerprint density at radius 3 is 2.59 bits per heavy atom. The number of nitrogens with zero attached hydrogens (tertiary/aromatic N) is 1. The molecule has 2 amide bonds. The van der Waals surface area contributed by atoms with Crippen molar-refractivity contribution < 1.29 is 24.3 Å². The lowest BCUT2D eigenvalue weighted by atomic mass is 10.0. The number of carboxylic acid groups (broad SMARTS) is 1. The topological polar surface area (TPSA) is 104 Å². The predicted octanol–water partition coefficient (Wildman–Crippen LogP) is 1.95. The second-order valence-electron chi connectivity index (χ2n) is 7.35. The first kappa shape index (κ1) is 22.1. The molecule has 0 bridgehead atoms. The van der Waals surface area contributed by atoms with Gasteiger partial charge in [0.1, 0.15) is 12.1 Å². The normalized spacial score (nSPS) is 30.2.